The number of fused-ring (bicyclic) bond motifs is 1. The number of methoxy groups -OCH3 is 1. The molecule has 11 heteroatoms. The van der Waals surface area contributed by atoms with Gasteiger partial charge in [-0.15, -0.1) is 11.8 Å². The molecule has 3 N–H and O–H groups in total. The van der Waals surface area contributed by atoms with Crippen molar-refractivity contribution in [3.8, 4) is 5.75 Å². The van der Waals surface area contributed by atoms with Gasteiger partial charge in [-0.25, -0.2) is 4.79 Å². The summed E-state index contributed by atoms with van der Waals surface area (Å²) in [6, 6.07) is 12.6. The van der Waals surface area contributed by atoms with Crippen LogP contribution in [-0.2, 0) is 31.1 Å². The molecule has 1 saturated heterocycles. The molecule has 4 rings (SSSR count). The molecule has 1 unspecified atom stereocenters. The fraction of sp³-hybridized carbons (Fsp3) is 0.250. The van der Waals surface area contributed by atoms with Crippen LogP contribution in [-0.4, -0.2) is 54.0 Å². The molecule has 1 fully saturated rings. The maximum Gasteiger partial charge on any atom is 0.355 e. The summed E-state index contributed by atoms with van der Waals surface area (Å²) in [5, 5.41) is -0.204. The number of ether oxygens (including phenoxy) is 2. The molecule has 2 aromatic rings. The van der Waals surface area contributed by atoms with E-state index in [0.717, 1.165) is 16.9 Å². The number of nitrogens with two attached hydrogens (primary N) is 1. The largest absolute Gasteiger partial charge is 0.497 e. The monoisotopic (exact) mass is 518 g/mol. The minimum absolute atomic E-state index is 0.0666. The van der Waals surface area contributed by atoms with Crippen molar-refractivity contribution in [1.82, 2.24) is 4.90 Å². The van der Waals surface area contributed by atoms with Crippen molar-refractivity contribution in [3.63, 3.8) is 0 Å². The lowest BCUT2D eigenvalue weighted by molar-refractivity contribution is -0.151. The van der Waals surface area contributed by atoms with E-state index in [1.165, 1.54) is 28.8 Å². The van der Waals surface area contributed by atoms with Gasteiger partial charge in [0.25, 0.3) is 10.1 Å². The lowest BCUT2D eigenvalue weighted by atomic mass is 10.0. The average molecular weight is 519 g/mol. The zero-order valence-electron chi connectivity index (χ0n) is 19.2. The summed E-state index contributed by atoms with van der Waals surface area (Å²) < 4.78 is 40.0. The maximum absolute atomic E-state index is 12.5. The predicted molar refractivity (Wildman–Crippen MR) is 132 cm³/mol. The number of carbonyl (C=O) groups excluding carboxylic acids is 2. The molecule has 0 bridgehead atoms. The third kappa shape index (κ3) is 6.12. The zero-order chi connectivity index (χ0) is 25.8. The van der Waals surface area contributed by atoms with Crippen molar-refractivity contribution in [2.75, 3.05) is 12.9 Å². The van der Waals surface area contributed by atoms with Crippen molar-refractivity contribution in [2.24, 2.45) is 5.73 Å². The summed E-state index contributed by atoms with van der Waals surface area (Å²) in [6.45, 7) is 5.67. The van der Waals surface area contributed by atoms with Gasteiger partial charge in [0.05, 0.1) is 12.0 Å². The second-order valence-electron chi connectivity index (χ2n) is 7.73. The maximum atomic E-state index is 12.5. The highest BCUT2D eigenvalue weighted by Crippen LogP contribution is 2.40. The Labute approximate surface area is 208 Å². The van der Waals surface area contributed by atoms with Gasteiger partial charge in [0.2, 0.25) is 5.91 Å². The summed E-state index contributed by atoms with van der Waals surface area (Å²) in [7, 11) is -2.43. The number of nitrogens with zero attached hydrogens (tertiary/aromatic N) is 1. The van der Waals surface area contributed by atoms with Crippen LogP contribution >= 0.6 is 11.8 Å². The van der Waals surface area contributed by atoms with Crippen molar-refractivity contribution in [2.45, 2.75) is 29.8 Å². The second kappa shape index (κ2) is 11.1. The van der Waals surface area contributed by atoms with E-state index in [0.29, 0.717) is 11.3 Å². The number of allylic oxidation sites excluding steroid dienone is 1. The average Bonchev–Trinajstić information content (AvgIpc) is 2.86. The van der Waals surface area contributed by atoms with Gasteiger partial charge in [0.1, 0.15) is 29.5 Å². The predicted octanol–water partition coefficient (Wildman–Crippen LogP) is 2.66. The van der Waals surface area contributed by atoms with Gasteiger partial charge in [-0.1, -0.05) is 42.5 Å². The Morgan fingerprint density at radius 1 is 1.23 bits per heavy atom. The molecular weight excluding hydrogens is 492 g/mol. The summed E-state index contributed by atoms with van der Waals surface area (Å²) in [4.78, 5) is 25.9. The topological polar surface area (TPSA) is 136 Å². The molecule has 9 nitrogen and oxygen atoms in total. The van der Waals surface area contributed by atoms with E-state index in [4.69, 9.17) is 19.8 Å². The number of amides is 1. The number of carbonyl (C=O) groups is 2. The van der Waals surface area contributed by atoms with Gasteiger partial charge in [0.15, 0.2) is 0 Å². The number of thioether (sulfide) groups is 1. The molecule has 186 valence electrons. The molecule has 0 saturated carbocycles. The first-order chi connectivity index (χ1) is 16.6. The first-order valence-corrected chi connectivity index (χ1v) is 13.0. The normalized spacial score (nSPS) is 19.1. The Bertz CT molecular complexity index is 1240. The van der Waals surface area contributed by atoms with Crippen LogP contribution in [0.3, 0.4) is 0 Å². The first-order valence-electron chi connectivity index (χ1n) is 10.5. The number of hydrogen-bond donors (Lipinski definition) is 2. The molecule has 1 amide bonds. The fourth-order valence-corrected chi connectivity index (χ4v) is 5.10. The van der Waals surface area contributed by atoms with Crippen LogP contribution in [0.1, 0.15) is 11.1 Å². The van der Waals surface area contributed by atoms with Crippen LogP contribution in [0.2, 0.25) is 0 Å². The minimum Gasteiger partial charge on any atom is -0.497 e. The van der Waals surface area contributed by atoms with Gasteiger partial charge in [-0.2, -0.15) is 8.42 Å². The van der Waals surface area contributed by atoms with Gasteiger partial charge in [-0.05, 0) is 42.3 Å². The molecule has 2 aliphatic heterocycles. The van der Waals surface area contributed by atoms with E-state index < -0.39 is 22.1 Å². The van der Waals surface area contributed by atoms with E-state index in [1.54, 1.807) is 37.5 Å². The molecule has 2 heterocycles. The van der Waals surface area contributed by atoms with Crippen LogP contribution in [0.25, 0.3) is 0 Å². The molecule has 0 aliphatic carbocycles. The van der Waals surface area contributed by atoms with Crippen molar-refractivity contribution in [1.29, 1.82) is 0 Å². The molecule has 2 aromatic carbocycles. The molecule has 2 atom stereocenters. The number of rotatable bonds is 6. The number of benzene rings is 2. The van der Waals surface area contributed by atoms with E-state index in [9.17, 15) is 18.0 Å². The van der Waals surface area contributed by atoms with Crippen molar-refractivity contribution < 1.29 is 32.0 Å². The molecule has 0 radical (unpaired) electrons. The van der Waals surface area contributed by atoms with Gasteiger partial charge in [-0.3, -0.25) is 14.2 Å². The smallest absolute Gasteiger partial charge is 0.355 e. The van der Waals surface area contributed by atoms with E-state index in [-0.39, 0.29) is 28.5 Å². The second-order valence-corrected chi connectivity index (χ2v) is 10.3. The van der Waals surface area contributed by atoms with Crippen LogP contribution < -0.4 is 10.5 Å². The quantitative estimate of drug-likeness (QED) is 0.336. The Morgan fingerprint density at radius 3 is 2.40 bits per heavy atom. The molecule has 0 aromatic heterocycles. The number of aryl methyl sites for hydroxylation is 1. The third-order valence-corrected chi connectivity index (χ3v) is 7.52. The summed E-state index contributed by atoms with van der Waals surface area (Å²) in [5.41, 5.74) is 8.53. The zero-order valence-corrected chi connectivity index (χ0v) is 20.8. The SMILES string of the molecule is C=CC1=C(C(=O)OCc2ccc(OC)cc2)N2C(=O)C(N)[C@@H]2SC1.Cc1ccc(S(=O)(=O)O)cc1. The van der Waals surface area contributed by atoms with E-state index >= 15 is 0 Å². The molecule has 35 heavy (non-hydrogen) atoms. The Hall–Kier alpha value is -3.12. The van der Waals surface area contributed by atoms with Crippen LogP contribution in [0, 0.1) is 6.92 Å². The lowest BCUT2D eigenvalue weighted by Crippen LogP contribution is -2.68. The van der Waals surface area contributed by atoms with Crippen LogP contribution in [0.5, 0.6) is 5.75 Å². The van der Waals surface area contributed by atoms with Crippen LogP contribution in [0.15, 0.2) is 77.4 Å². The summed E-state index contributed by atoms with van der Waals surface area (Å²) in [6.07, 6.45) is 1.59. The third-order valence-electron chi connectivity index (χ3n) is 5.33. The standard InChI is InChI=1S/C17H18N2O4S.C7H8O3S/c1-3-11-9-24-16-13(18)15(20)19(16)14(11)17(21)23-8-10-4-6-12(22-2)7-5-10;1-6-2-4-7(5-3-6)11(8,9)10/h3-7,13,16H,1,8-9,18H2,2H3;2-5H,1H3,(H,8,9,10)/t13?,16-;/m0./s1. The Balaban J connectivity index is 0.000000261. The van der Waals surface area contributed by atoms with Crippen LogP contribution in [0.4, 0.5) is 0 Å². The molecule has 0 spiro atoms. The summed E-state index contributed by atoms with van der Waals surface area (Å²) >= 11 is 1.53. The highest BCUT2D eigenvalue weighted by atomic mass is 32.2. The van der Waals surface area contributed by atoms with E-state index in [1.807, 2.05) is 19.1 Å². The lowest BCUT2D eigenvalue weighted by Gasteiger charge is -2.48. The molecule has 2 aliphatic rings. The van der Waals surface area contributed by atoms with Gasteiger partial charge < -0.3 is 15.2 Å². The van der Waals surface area contributed by atoms with Crippen molar-refractivity contribution in [3.05, 3.63) is 83.6 Å². The highest BCUT2D eigenvalue weighted by Gasteiger charge is 2.51. The first kappa shape index (κ1) is 26.5. The van der Waals surface area contributed by atoms with Crippen molar-refractivity contribution >= 4 is 33.8 Å². The number of esters is 1. The minimum atomic E-state index is -4.02. The Morgan fingerprint density at radius 2 is 1.86 bits per heavy atom. The van der Waals surface area contributed by atoms with Gasteiger partial charge >= 0.3 is 5.97 Å². The van der Waals surface area contributed by atoms with E-state index in [2.05, 4.69) is 6.58 Å². The highest BCUT2D eigenvalue weighted by molar-refractivity contribution is 8.00. The summed E-state index contributed by atoms with van der Waals surface area (Å²) in [5.74, 6) is 0.516. The number of β-lactam (4-membered cyclic amide) rings is 1. The fourth-order valence-electron chi connectivity index (χ4n) is 3.33. The number of hydrogen-bond acceptors (Lipinski definition) is 8. The Kier molecular flexibility index (Phi) is 8.39. The molecular formula is C24H26N2O7S2. The van der Waals surface area contributed by atoms with Gasteiger partial charge in [0, 0.05) is 5.75 Å².